The quantitative estimate of drug-likeness (QED) is 0.479. The number of H-pyrrole nitrogens is 1. The number of carbonyl (C=O) groups excluding carboxylic acids is 1. The van der Waals surface area contributed by atoms with Gasteiger partial charge in [-0.2, -0.15) is 0 Å². The average molecular weight is 399 g/mol. The Hall–Kier alpha value is -3.07. The van der Waals surface area contributed by atoms with Crippen LogP contribution in [0.4, 0.5) is 10.2 Å². The minimum atomic E-state index is -0.344. The number of thiophene rings is 1. The number of hydrogen-bond acceptors (Lipinski definition) is 7. The highest BCUT2D eigenvalue weighted by Crippen LogP contribution is 2.33. The third kappa shape index (κ3) is 3.40. The van der Waals surface area contributed by atoms with Gasteiger partial charge in [0.05, 0.1) is 23.0 Å². The SMILES string of the molecule is CCOC(=O)c1sc2ncnc(NCCc3nc4ccc(F)cc4[nH]3)c2c1C. The molecule has 0 bridgehead atoms. The number of nitrogens with zero attached hydrogens (tertiary/aromatic N) is 3. The molecule has 0 amide bonds. The maximum Gasteiger partial charge on any atom is 0.348 e. The molecule has 4 rings (SSSR count). The van der Waals surface area contributed by atoms with E-state index in [-0.39, 0.29) is 11.8 Å². The summed E-state index contributed by atoms with van der Waals surface area (Å²) < 4.78 is 18.4. The fourth-order valence-corrected chi connectivity index (χ4v) is 4.09. The zero-order valence-corrected chi connectivity index (χ0v) is 16.2. The topological polar surface area (TPSA) is 92.8 Å². The van der Waals surface area contributed by atoms with E-state index in [1.807, 2.05) is 6.92 Å². The minimum Gasteiger partial charge on any atom is -0.462 e. The number of esters is 1. The Morgan fingerprint density at radius 1 is 1.36 bits per heavy atom. The van der Waals surface area contributed by atoms with Crippen molar-refractivity contribution < 1.29 is 13.9 Å². The monoisotopic (exact) mass is 399 g/mol. The van der Waals surface area contributed by atoms with Crippen molar-refractivity contribution in [2.24, 2.45) is 0 Å². The molecule has 0 aliphatic heterocycles. The van der Waals surface area contributed by atoms with Crippen molar-refractivity contribution in [2.45, 2.75) is 20.3 Å². The number of fused-ring (bicyclic) bond motifs is 2. The van der Waals surface area contributed by atoms with E-state index >= 15 is 0 Å². The van der Waals surface area contributed by atoms with Crippen molar-refractivity contribution >= 4 is 44.4 Å². The molecule has 0 unspecified atom stereocenters. The second-order valence-electron chi connectivity index (χ2n) is 6.20. The molecule has 3 aromatic heterocycles. The molecule has 0 radical (unpaired) electrons. The van der Waals surface area contributed by atoms with E-state index in [1.165, 1.54) is 29.8 Å². The molecular weight excluding hydrogens is 381 g/mol. The Labute approximate surface area is 164 Å². The van der Waals surface area contributed by atoms with Crippen LogP contribution in [0.2, 0.25) is 0 Å². The Kier molecular flexibility index (Phi) is 4.91. The summed E-state index contributed by atoms with van der Waals surface area (Å²) in [7, 11) is 0. The molecular formula is C19H18FN5O2S. The van der Waals surface area contributed by atoms with Gasteiger partial charge in [0.2, 0.25) is 0 Å². The van der Waals surface area contributed by atoms with Gasteiger partial charge >= 0.3 is 5.97 Å². The van der Waals surface area contributed by atoms with Crippen molar-refractivity contribution in [2.75, 3.05) is 18.5 Å². The summed E-state index contributed by atoms with van der Waals surface area (Å²) in [6, 6.07) is 4.47. The number of anilines is 1. The van der Waals surface area contributed by atoms with Crippen LogP contribution in [0.25, 0.3) is 21.3 Å². The molecule has 9 heteroatoms. The van der Waals surface area contributed by atoms with Crippen LogP contribution in [0.5, 0.6) is 0 Å². The van der Waals surface area contributed by atoms with Gasteiger partial charge < -0.3 is 15.0 Å². The third-order valence-electron chi connectivity index (χ3n) is 4.33. The zero-order chi connectivity index (χ0) is 19.7. The van der Waals surface area contributed by atoms with Crippen LogP contribution < -0.4 is 5.32 Å². The van der Waals surface area contributed by atoms with E-state index in [2.05, 4.69) is 25.3 Å². The molecule has 2 N–H and O–H groups in total. The molecule has 0 atom stereocenters. The maximum absolute atomic E-state index is 13.3. The van der Waals surface area contributed by atoms with Gasteiger partial charge in [-0.25, -0.2) is 24.1 Å². The summed E-state index contributed by atoms with van der Waals surface area (Å²) in [5, 5.41) is 4.11. The van der Waals surface area contributed by atoms with Crippen LogP contribution in [0.1, 0.15) is 28.0 Å². The Bertz CT molecular complexity index is 1170. The van der Waals surface area contributed by atoms with Gasteiger partial charge in [0.15, 0.2) is 0 Å². The minimum absolute atomic E-state index is 0.297. The van der Waals surface area contributed by atoms with Crippen LogP contribution in [0.15, 0.2) is 24.5 Å². The van der Waals surface area contributed by atoms with Crippen molar-refractivity contribution in [3.8, 4) is 0 Å². The van der Waals surface area contributed by atoms with E-state index in [0.29, 0.717) is 35.8 Å². The van der Waals surface area contributed by atoms with Crippen LogP contribution in [-0.2, 0) is 11.2 Å². The number of rotatable bonds is 6. The van der Waals surface area contributed by atoms with E-state index < -0.39 is 0 Å². The number of hydrogen-bond donors (Lipinski definition) is 2. The lowest BCUT2D eigenvalue weighted by atomic mass is 10.2. The van der Waals surface area contributed by atoms with Crippen molar-refractivity contribution in [3.63, 3.8) is 0 Å². The maximum atomic E-state index is 13.3. The number of nitrogens with one attached hydrogen (secondary N) is 2. The molecule has 0 spiro atoms. The second kappa shape index (κ2) is 7.51. The van der Waals surface area contributed by atoms with Crippen LogP contribution in [0.3, 0.4) is 0 Å². The standard InChI is InChI=1S/C19H18FN5O2S/c1-3-27-19(26)16-10(2)15-17(22-9-23-18(15)28-16)21-7-6-14-24-12-5-4-11(20)8-13(12)25-14/h4-5,8-9H,3,6-7H2,1-2H3,(H,24,25)(H,21,22,23). The number of imidazole rings is 1. The average Bonchev–Trinajstić information content (AvgIpc) is 3.23. The predicted molar refractivity (Wildman–Crippen MR) is 106 cm³/mol. The fourth-order valence-electron chi connectivity index (χ4n) is 3.05. The van der Waals surface area contributed by atoms with Gasteiger partial charge in [0, 0.05) is 13.0 Å². The fraction of sp³-hybridized carbons (Fsp3) is 0.263. The number of ether oxygens (including phenoxy) is 1. The number of halogens is 1. The van der Waals surface area contributed by atoms with Gasteiger partial charge in [-0.15, -0.1) is 11.3 Å². The Morgan fingerprint density at radius 3 is 3.04 bits per heavy atom. The lowest BCUT2D eigenvalue weighted by Crippen LogP contribution is -2.08. The highest BCUT2D eigenvalue weighted by molar-refractivity contribution is 7.20. The van der Waals surface area contributed by atoms with Crippen molar-refractivity contribution in [1.29, 1.82) is 0 Å². The van der Waals surface area contributed by atoms with Gasteiger partial charge in [0.1, 0.15) is 33.5 Å². The molecule has 1 aromatic carbocycles. The Balaban J connectivity index is 1.53. The number of aromatic nitrogens is 4. The highest BCUT2D eigenvalue weighted by Gasteiger charge is 2.20. The highest BCUT2D eigenvalue weighted by atomic mass is 32.1. The van der Waals surface area contributed by atoms with Crippen LogP contribution in [0, 0.1) is 12.7 Å². The summed E-state index contributed by atoms with van der Waals surface area (Å²) in [5.41, 5.74) is 2.21. The van der Waals surface area contributed by atoms with E-state index in [9.17, 15) is 9.18 Å². The number of aromatic amines is 1. The van der Waals surface area contributed by atoms with Crippen molar-refractivity contribution in [1.82, 2.24) is 19.9 Å². The van der Waals surface area contributed by atoms with E-state index in [1.54, 1.807) is 13.0 Å². The van der Waals surface area contributed by atoms with Gasteiger partial charge in [-0.3, -0.25) is 0 Å². The normalized spacial score (nSPS) is 11.2. The first-order valence-corrected chi connectivity index (χ1v) is 9.67. The first-order valence-electron chi connectivity index (χ1n) is 8.86. The summed E-state index contributed by atoms with van der Waals surface area (Å²) >= 11 is 1.30. The predicted octanol–water partition coefficient (Wildman–Crippen LogP) is 3.85. The van der Waals surface area contributed by atoms with Crippen molar-refractivity contribution in [3.05, 3.63) is 46.6 Å². The molecule has 4 aromatic rings. The molecule has 0 aliphatic carbocycles. The number of carbonyl (C=O) groups is 1. The van der Waals surface area contributed by atoms with Gasteiger partial charge in [-0.05, 0) is 37.6 Å². The molecule has 0 saturated carbocycles. The lowest BCUT2D eigenvalue weighted by Gasteiger charge is -2.06. The smallest absolute Gasteiger partial charge is 0.348 e. The first-order chi connectivity index (χ1) is 13.6. The molecule has 0 aliphatic rings. The number of aryl methyl sites for hydroxylation is 1. The van der Waals surface area contributed by atoms with Crippen LogP contribution in [-0.4, -0.2) is 39.1 Å². The molecule has 3 heterocycles. The summed E-state index contributed by atoms with van der Waals surface area (Å²) in [5.74, 6) is 0.780. The third-order valence-corrected chi connectivity index (χ3v) is 5.51. The summed E-state index contributed by atoms with van der Waals surface area (Å²) in [4.78, 5) is 29.6. The first kappa shape index (κ1) is 18.3. The molecule has 0 saturated heterocycles. The largest absolute Gasteiger partial charge is 0.462 e. The summed E-state index contributed by atoms with van der Waals surface area (Å²) in [6.07, 6.45) is 2.08. The molecule has 0 fully saturated rings. The van der Waals surface area contributed by atoms with E-state index in [4.69, 9.17) is 4.74 Å². The van der Waals surface area contributed by atoms with Gasteiger partial charge in [-0.1, -0.05) is 0 Å². The Morgan fingerprint density at radius 2 is 2.21 bits per heavy atom. The second-order valence-corrected chi connectivity index (χ2v) is 7.20. The van der Waals surface area contributed by atoms with Crippen LogP contribution >= 0.6 is 11.3 Å². The number of benzene rings is 1. The zero-order valence-electron chi connectivity index (χ0n) is 15.4. The molecule has 28 heavy (non-hydrogen) atoms. The van der Waals surface area contributed by atoms with Gasteiger partial charge in [0.25, 0.3) is 0 Å². The molecule has 7 nitrogen and oxygen atoms in total. The lowest BCUT2D eigenvalue weighted by molar-refractivity contribution is 0.0531. The molecule has 144 valence electrons. The van der Waals surface area contributed by atoms with E-state index in [0.717, 1.165) is 27.1 Å². The summed E-state index contributed by atoms with van der Waals surface area (Å²) in [6.45, 7) is 4.54.